The molecule has 1 aromatic rings. The molecule has 0 saturated heterocycles. The number of nitrogens with zero attached hydrogens (tertiary/aromatic N) is 2. The van der Waals surface area contributed by atoms with E-state index < -0.39 is 0 Å². The Labute approximate surface area is 95.2 Å². The number of hydrogen-bond donors (Lipinski definition) is 1. The molecule has 1 aromatic heterocycles. The molecule has 0 amide bonds. The number of nitrogens with one attached hydrogen (secondary N) is 1. The van der Waals surface area contributed by atoms with Crippen molar-refractivity contribution in [2.24, 2.45) is 0 Å². The molecule has 0 bridgehead atoms. The van der Waals surface area contributed by atoms with Crippen molar-refractivity contribution < 1.29 is 4.52 Å². The van der Waals surface area contributed by atoms with Crippen LogP contribution < -0.4 is 5.32 Å². The van der Waals surface area contributed by atoms with Gasteiger partial charge in [0, 0.05) is 0 Å². The Morgan fingerprint density at radius 1 is 1.47 bits per heavy atom. The van der Waals surface area contributed by atoms with E-state index >= 15 is 0 Å². The summed E-state index contributed by atoms with van der Waals surface area (Å²) in [5.74, 6) is 3.49. The Kier molecular flexibility index (Phi) is 5.71. The second-order valence-electron chi connectivity index (χ2n) is 3.35. The van der Waals surface area contributed by atoms with E-state index in [-0.39, 0.29) is 6.04 Å². The molecular formula is C10H19N3OS. The van der Waals surface area contributed by atoms with E-state index in [0.29, 0.717) is 5.89 Å². The standard InChI is InChI=1S/C10H19N3OS/c1-4-6-15-7-9-12-10(14-13-9)8(5-2)11-3/h8,11H,4-7H2,1-3H3. The number of thioether (sulfide) groups is 1. The first-order valence-electron chi connectivity index (χ1n) is 5.39. The highest BCUT2D eigenvalue weighted by Gasteiger charge is 2.14. The highest BCUT2D eigenvalue weighted by atomic mass is 32.2. The molecule has 1 heterocycles. The lowest BCUT2D eigenvalue weighted by molar-refractivity contribution is 0.332. The molecule has 1 rings (SSSR count). The maximum absolute atomic E-state index is 5.20. The summed E-state index contributed by atoms with van der Waals surface area (Å²) in [7, 11) is 1.91. The Hall–Kier alpha value is -0.550. The summed E-state index contributed by atoms with van der Waals surface area (Å²) >= 11 is 1.84. The lowest BCUT2D eigenvalue weighted by atomic mass is 10.2. The molecule has 86 valence electrons. The van der Waals surface area contributed by atoms with Crippen LogP contribution in [-0.4, -0.2) is 22.9 Å². The maximum Gasteiger partial charge on any atom is 0.243 e. The van der Waals surface area contributed by atoms with Gasteiger partial charge in [-0.3, -0.25) is 0 Å². The van der Waals surface area contributed by atoms with E-state index in [0.717, 1.165) is 23.8 Å². The van der Waals surface area contributed by atoms with Gasteiger partial charge in [0.05, 0.1) is 11.8 Å². The van der Waals surface area contributed by atoms with Crippen molar-refractivity contribution in [3.05, 3.63) is 11.7 Å². The van der Waals surface area contributed by atoms with Crippen LogP contribution in [0.2, 0.25) is 0 Å². The van der Waals surface area contributed by atoms with Crippen molar-refractivity contribution in [3.63, 3.8) is 0 Å². The SMILES string of the molecule is CCCSCc1noc(C(CC)NC)n1. The van der Waals surface area contributed by atoms with Gasteiger partial charge in [-0.15, -0.1) is 0 Å². The molecule has 0 fully saturated rings. The minimum absolute atomic E-state index is 0.183. The summed E-state index contributed by atoms with van der Waals surface area (Å²) in [5, 5.41) is 7.10. The monoisotopic (exact) mass is 229 g/mol. The van der Waals surface area contributed by atoms with Gasteiger partial charge in [-0.2, -0.15) is 16.7 Å². The summed E-state index contributed by atoms with van der Waals surface area (Å²) in [6.07, 6.45) is 2.14. The average Bonchev–Trinajstić information content (AvgIpc) is 2.69. The second kappa shape index (κ2) is 6.85. The van der Waals surface area contributed by atoms with Crippen LogP contribution in [0, 0.1) is 0 Å². The zero-order valence-electron chi connectivity index (χ0n) is 9.62. The first-order valence-corrected chi connectivity index (χ1v) is 6.54. The van der Waals surface area contributed by atoms with Crippen molar-refractivity contribution in [3.8, 4) is 0 Å². The first-order chi connectivity index (χ1) is 7.31. The summed E-state index contributed by atoms with van der Waals surface area (Å²) in [4.78, 5) is 4.36. The number of aromatic nitrogens is 2. The summed E-state index contributed by atoms with van der Waals surface area (Å²) in [6.45, 7) is 4.26. The van der Waals surface area contributed by atoms with Gasteiger partial charge in [0.25, 0.3) is 0 Å². The van der Waals surface area contributed by atoms with Crippen LogP contribution in [0.15, 0.2) is 4.52 Å². The zero-order chi connectivity index (χ0) is 11.1. The third-order valence-corrected chi connectivity index (χ3v) is 3.28. The number of rotatable bonds is 7. The predicted molar refractivity (Wildman–Crippen MR) is 62.8 cm³/mol. The Balaban J connectivity index is 2.47. The molecule has 0 aliphatic carbocycles. The minimum Gasteiger partial charge on any atom is -0.338 e. The molecule has 0 aliphatic heterocycles. The van der Waals surface area contributed by atoms with Gasteiger partial charge in [0.2, 0.25) is 5.89 Å². The Morgan fingerprint density at radius 3 is 2.87 bits per heavy atom. The molecule has 0 aliphatic rings. The van der Waals surface area contributed by atoms with Gasteiger partial charge >= 0.3 is 0 Å². The topological polar surface area (TPSA) is 51.0 Å². The largest absolute Gasteiger partial charge is 0.338 e. The van der Waals surface area contributed by atoms with Gasteiger partial charge in [0.15, 0.2) is 5.82 Å². The van der Waals surface area contributed by atoms with Crippen molar-refractivity contribution in [1.29, 1.82) is 0 Å². The smallest absolute Gasteiger partial charge is 0.243 e. The van der Waals surface area contributed by atoms with Crippen LogP contribution in [-0.2, 0) is 5.75 Å². The van der Waals surface area contributed by atoms with Crippen LogP contribution >= 0.6 is 11.8 Å². The highest BCUT2D eigenvalue weighted by Crippen LogP contribution is 2.16. The summed E-state index contributed by atoms with van der Waals surface area (Å²) in [6, 6.07) is 0.183. The van der Waals surface area contributed by atoms with Gasteiger partial charge in [-0.1, -0.05) is 19.0 Å². The van der Waals surface area contributed by atoms with E-state index in [1.54, 1.807) is 0 Å². The van der Waals surface area contributed by atoms with Crippen LogP contribution in [0.5, 0.6) is 0 Å². The predicted octanol–water partition coefficient (Wildman–Crippen LogP) is 2.38. The quantitative estimate of drug-likeness (QED) is 0.727. The Morgan fingerprint density at radius 2 is 2.27 bits per heavy atom. The minimum atomic E-state index is 0.183. The molecular weight excluding hydrogens is 210 g/mol. The van der Waals surface area contributed by atoms with E-state index in [1.165, 1.54) is 6.42 Å². The van der Waals surface area contributed by atoms with Crippen LogP contribution in [0.25, 0.3) is 0 Å². The van der Waals surface area contributed by atoms with Crippen molar-refractivity contribution in [1.82, 2.24) is 15.5 Å². The van der Waals surface area contributed by atoms with Crippen LogP contribution in [0.4, 0.5) is 0 Å². The van der Waals surface area contributed by atoms with Gasteiger partial charge in [0.1, 0.15) is 0 Å². The molecule has 0 spiro atoms. The molecule has 1 N–H and O–H groups in total. The molecule has 5 heteroatoms. The normalized spacial score (nSPS) is 13.0. The third-order valence-electron chi connectivity index (χ3n) is 2.12. The molecule has 0 aromatic carbocycles. The van der Waals surface area contributed by atoms with Gasteiger partial charge in [-0.25, -0.2) is 0 Å². The fourth-order valence-electron chi connectivity index (χ4n) is 1.28. The molecule has 1 atom stereocenters. The van der Waals surface area contributed by atoms with Crippen molar-refractivity contribution in [2.45, 2.75) is 38.5 Å². The molecule has 0 saturated carbocycles. The van der Waals surface area contributed by atoms with E-state index in [4.69, 9.17) is 4.52 Å². The van der Waals surface area contributed by atoms with E-state index in [9.17, 15) is 0 Å². The first kappa shape index (κ1) is 12.5. The van der Waals surface area contributed by atoms with Gasteiger partial charge < -0.3 is 9.84 Å². The fourth-order valence-corrected chi connectivity index (χ4v) is 2.01. The van der Waals surface area contributed by atoms with E-state index in [2.05, 4.69) is 29.3 Å². The van der Waals surface area contributed by atoms with Crippen LogP contribution in [0.1, 0.15) is 44.4 Å². The van der Waals surface area contributed by atoms with Gasteiger partial charge in [-0.05, 0) is 25.6 Å². The fraction of sp³-hybridized carbons (Fsp3) is 0.800. The Bertz CT molecular complexity index is 273. The molecule has 15 heavy (non-hydrogen) atoms. The lowest BCUT2D eigenvalue weighted by Crippen LogP contribution is -2.15. The maximum atomic E-state index is 5.20. The summed E-state index contributed by atoms with van der Waals surface area (Å²) in [5.41, 5.74) is 0. The highest BCUT2D eigenvalue weighted by molar-refractivity contribution is 7.98. The van der Waals surface area contributed by atoms with Crippen molar-refractivity contribution in [2.75, 3.05) is 12.8 Å². The molecule has 0 radical (unpaired) electrons. The molecule has 4 nitrogen and oxygen atoms in total. The lowest BCUT2D eigenvalue weighted by Gasteiger charge is -2.06. The summed E-state index contributed by atoms with van der Waals surface area (Å²) < 4.78 is 5.20. The van der Waals surface area contributed by atoms with Crippen LogP contribution in [0.3, 0.4) is 0 Å². The van der Waals surface area contributed by atoms with E-state index in [1.807, 2.05) is 18.8 Å². The van der Waals surface area contributed by atoms with Crippen molar-refractivity contribution >= 4 is 11.8 Å². The zero-order valence-corrected chi connectivity index (χ0v) is 10.4. The number of hydrogen-bond acceptors (Lipinski definition) is 5. The second-order valence-corrected chi connectivity index (χ2v) is 4.46. The molecule has 1 unspecified atom stereocenters. The average molecular weight is 229 g/mol. The third kappa shape index (κ3) is 3.83.